The van der Waals surface area contributed by atoms with Crippen LogP contribution in [0.2, 0.25) is 0 Å². The molecule has 2 rings (SSSR count). The Kier molecular flexibility index (Phi) is 5.69. The van der Waals surface area contributed by atoms with Crippen LogP contribution in [0.4, 0.5) is 23.7 Å². The number of halogens is 3. The van der Waals surface area contributed by atoms with Crippen LogP contribution in [0.5, 0.6) is 0 Å². The predicted octanol–water partition coefficient (Wildman–Crippen LogP) is 3.13. The van der Waals surface area contributed by atoms with Crippen LogP contribution in [0.25, 0.3) is 0 Å². The molecule has 1 aliphatic rings. The van der Waals surface area contributed by atoms with Crippen molar-refractivity contribution in [3.8, 4) is 0 Å². The first-order chi connectivity index (χ1) is 11.3. The summed E-state index contributed by atoms with van der Waals surface area (Å²) in [5.41, 5.74) is 1.49. The van der Waals surface area contributed by atoms with Crippen molar-refractivity contribution in [3.63, 3.8) is 0 Å². The Morgan fingerprint density at radius 3 is 2.25 bits per heavy atom. The molecule has 3 amide bonds. The van der Waals surface area contributed by atoms with Crippen LogP contribution < -0.4 is 10.6 Å². The molecule has 0 unspecified atom stereocenters. The van der Waals surface area contributed by atoms with E-state index in [4.69, 9.17) is 0 Å². The minimum atomic E-state index is -4.18. The Balaban J connectivity index is 1.78. The van der Waals surface area contributed by atoms with Crippen LogP contribution in [-0.4, -0.2) is 36.1 Å². The number of carbonyl (C=O) groups excluding carboxylic acids is 2. The molecule has 5 nitrogen and oxygen atoms in total. The third-order valence-electron chi connectivity index (χ3n) is 3.96. The Hall–Kier alpha value is -2.25. The quantitative estimate of drug-likeness (QED) is 0.886. The molecule has 0 saturated carbocycles. The van der Waals surface area contributed by atoms with Gasteiger partial charge in [0.1, 0.15) is 0 Å². The van der Waals surface area contributed by atoms with Gasteiger partial charge in [-0.3, -0.25) is 4.79 Å². The summed E-state index contributed by atoms with van der Waals surface area (Å²) in [6.45, 7) is 1.91. The summed E-state index contributed by atoms with van der Waals surface area (Å²) < 4.78 is 37.8. The number of anilines is 1. The lowest BCUT2D eigenvalue weighted by Crippen LogP contribution is -2.46. The Morgan fingerprint density at radius 1 is 1.17 bits per heavy atom. The fraction of sp³-hybridized carbons (Fsp3) is 0.500. The third-order valence-corrected chi connectivity index (χ3v) is 3.96. The monoisotopic (exact) mass is 343 g/mol. The molecule has 0 spiro atoms. The fourth-order valence-corrected chi connectivity index (χ4v) is 2.61. The standard InChI is InChI=1S/C16H20F3N3O2/c1-11(23)21-14-4-2-12(3-5-14)10-20-15(24)22-8-6-13(7-9-22)16(17,18)19/h2-5,13H,6-10H2,1H3,(H,20,24)(H,21,23). The number of alkyl halides is 3. The van der Waals surface area contributed by atoms with E-state index >= 15 is 0 Å². The number of urea groups is 1. The largest absolute Gasteiger partial charge is 0.391 e. The van der Waals surface area contributed by atoms with Gasteiger partial charge in [-0.2, -0.15) is 13.2 Å². The minimum absolute atomic E-state index is 0.0532. The maximum atomic E-state index is 12.6. The van der Waals surface area contributed by atoms with Crippen LogP contribution >= 0.6 is 0 Å². The molecule has 1 aromatic carbocycles. The normalized spacial score (nSPS) is 15.9. The van der Waals surface area contributed by atoms with Crippen molar-refractivity contribution < 1.29 is 22.8 Å². The Labute approximate surface area is 138 Å². The molecule has 0 bridgehead atoms. The van der Waals surface area contributed by atoms with Crippen LogP contribution in [-0.2, 0) is 11.3 Å². The van der Waals surface area contributed by atoms with Crippen molar-refractivity contribution >= 4 is 17.6 Å². The zero-order chi connectivity index (χ0) is 17.7. The number of nitrogens with zero attached hydrogens (tertiary/aromatic N) is 1. The molecule has 2 N–H and O–H groups in total. The highest BCUT2D eigenvalue weighted by atomic mass is 19.4. The first-order valence-electron chi connectivity index (χ1n) is 7.71. The number of piperidine rings is 1. The van der Waals surface area contributed by atoms with E-state index in [1.165, 1.54) is 11.8 Å². The average Bonchev–Trinajstić information content (AvgIpc) is 2.52. The van der Waals surface area contributed by atoms with E-state index in [9.17, 15) is 22.8 Å². The molecule has 1 aromatic rings. The molecule has 8 heteroatoms. The highest BCUT2D eigenvalue weighted by Gasteiger charge is 2.41. The second kappa shape index (κ2) is 7.55. The first-order valence-corrected chi connectivity index (χ1v) is 7.71. The van der Waals surface area contributed by atoms with Crippen molar-refractivity contribution in [2.75, 3.05) is 18.4 Å². The van der Waals surface area contributed by atoms with E-state index in [2.05, 4.69) is 10.6 Å². The number of hydrogen-bond acceptors (Lipinski definition) is 2. The second-order valence-electron chi connectivity index (χ2n) is 5.84. The van der Waals surface area contributed by atoms with Crippen molar-refractivity contribution in [1.82, 2.24) is 10.2 Å². The highest BCUT2D eigenvalue weighted by Crippen LogP contribution is 2.34. The molecule has 1 heterocycles. The summed E-state index contributed by atoms with van der Waals surface area (Å²) in [5, 5.41) is 5.34. The molecule has 132 valence electrons. The summed E-state index contributed by atoms with van der Waals surface area (Å²) in [7, 11) is 0. The Bertz CT molecular complexity index is 579. The van der Waals surface area contributed by atoms with Crippen molar-refractivity contribution in [2.24, 2.45) is 5.92 Å². The average molecular weight is 343 g/mol. The van der Waals surface area contributed by atoms with Gasteiger partial charge in [0.25, 0.3) is 0 Å². The van der Waals surface area contributed by atoms with Gasteiger partial charge in [-0.05, 0) is 30.5 Å². The molecular weight excluding hydrogens is 323 g/mol. The van der Waals surface area contributed by atoms with Gasteiger partial charge in [-0.1, -0.05) is 12.1 Å². The number of likely N-dealkylation sites (tertiary alicyclic amines) is 1. The molecule has 0 radical (unpaired) electrons. The summed E-state index contributed by atoms with van der Waals surface area (Å²) in [5.74, 6) is -1.49. The van der Waals surface area contributed by atoms with Crippen molar-refractivity contribution in [1.29, 1.82) is 0 Å². The summed E-state index contributed by atoms with van der Waals surface area (Å²) >= 11 is 0. The molecule has 0 atom stereocenters. The number of carbonyl (C=O) groups is 2. The summed E-state index contributed by atoms with van der Waals surface area (Å²) in [6, 6.07) is 6.61. The van der Waals surface area contributed by atoms with Gasteiger partial charge in [0.05, 0.1) is 5.92 Å². The van der Waals surface area contributed by atoms with Gasteiger partial charge in [0, 0.05) is 32.2 Å². The minimum Gasteiger partial charge on any atom is -0.334 e. The number of hydrogen-bond donors (Lipinski definition) is 2. The predicted molar refractivity (Wildman–Crippen MR) is 83.3 cm³/mol. The van der Waals surface area contributed by atoms with Gasteiger partial charge in [-0.25, -0.2) is 4.79 Å². The van der Waals surface area contributed by atoms with Gasteiger partial charge in [0.2, 0.25) is 5.91 Å². The van der Waals surface area contributed by atoms with Gasteiger partial charge >= 0.3 is 12.2 Å². The fourth-order valence-electron chi connectivity index (χ4n) is 2.61. The van der Waals surface area contributed by atoms with Gasteiger partial charge < -0.3 is 15.5 Å². The second-order valence-corrected chi connectivity index (χ2v) is 5.84. The molecule has 1 aliphatic heterocycles. The topological polar surface area (TPSA) is 61.4 Å². The van der Waals surface area contributed by atoms with E-state index in [0.29, 0.717) is 5.69 Å². The number of benzene rings is 1. The lowest BCUT2D eigenvalue weighted by molar-refractivity contribution is -0.183. The smallest absolute Gasteiger partial charge is 0.334 e. The van der Waals surface area contributed by atoms with Crippen LogP contribution in [0, 0.1) is 5.92 Å². The van der Waals surface area contributed by atoms with E-state index in [1.54, 1.807) is 24.3 Å². The number of rotatable bonds is 3. The van der Waals surface area contributed by atoms with Crippen LogP contribution in [0.1, 0.15) is 25.3 Å². The van der Waals surface area contributed by atoms with Crippen molar-refractivity contribution in [2.45, 2.75) is 32.5 Å². The first kappa shape index (κ1) is 18.1. The molecule has 1 saturated heterocycles. The third kappa shape index (κ3) is 5.14. The van der Waals surface area contributed by atoms with E-state index in [-0.39, 0.29) is 44.4 Å². The van der Waals surface area contributed by atoms with Crippen molar-refractivity contribution in [3.05, 3.63) is 29.8 Å². The molecule has 0 aliphatic carbocycles. The van der Waals surface area contributed by atoms with E-state index < -0.39 is 12.1 Å². The molecule has 0 aromatic heterocycles. The lowest BCUT2D eigenvalue weighted by Gasteiger charge is -2.32. The Morgan fingerprint density at radius 2 is 1.75 bits per heavy atom. The zero-order valence-electron chi connectivity index (χ0n) is 13.3. The van der Waals surface area contributed by atoms with E-state index in [1.807, 2.05) is 0 Å². The molecule has 24 heavy (non-hydrogen) atoms. The molecular formula is C16H20F3N3O2. The molecule has 1 fully saturated rings. The zero-order valence-corrected chi connectivity index (χ0v) is 13.3. The summed E-state index contributed by atoms with van der Waals surface area (Å²) in [4.78, 5) is 24.4. The maximum Gasteiger partial charge on any atom is 0.391 e. The van der Waals surface area contributed by atoms with Crippen LogP contribution in [0.15, 0.2) is 24.3 Å². The van der Waals surface area contributed by atoms with E-state index in [0.717, 1.165) is 5.56 Å². The number of amides is 3. The summed E-state index contributed by atoms with van der Waals surface area (Å²) in [6.07, 6.45) is -4.29. The number of nitrogens with one attached hydrogen (secondary N) is 2. The van der Waals surface area contributed by atoms with Crippen LogP contribution in [0.3, 0.4) is 0 Å². The van der Waals surface area contributed by atoms with Gasteiger partial charge in [0.15, 0.2) is 0 Å². The maximum absolute atomic E-state index is 12.6. The lowest BCUT2D eigenvalue weighted by atomic mass is 9.96. The highest BCUT2D eigenvalue weighted by molar-refractivity contribution is 5.88. The SMILES string of the molecule is CC(=O)Nc1ccc(CNC(=O)N2CCC(C(F)(F)F)CC2)cc1. The van der Waals surface area contributed by atoms with Gasteiger partial charge in [-0.15, -0.1) is 0 Å².